The first kappa shape index (κ1) is 16.8. The molecule has 0 bridgehead atoms. The van der Waals surface area contributed by atoms with E-state index in [0.29, 0.717) is 18.8 Å². The summed E-state index contributed by atoms with van der Waals surface area (Å²) in [6, 6.07) is 6.18. The molecule has 0 spiro atoms. The van der Waals surface area contributed by atoms with Gasteiger partial charge in [0.05, 0.1) is 17.8 Å². The number of benzene rings is 1. The summed E-state index contributed by atoms with van der Waals surface area (Å²) in [5, 5.41) is 0. The van der Waals surface area contributed by atoms with E-state index in [0.717, 1.165) is 6.42 Å². The molecule has 2 rings (SSSR count). The largest absolute Gasteiger partial charge is 0.497 e. The van der Waals surface area contributed by atoms with Gasteiger partial charge in [-0.2, -0.15) is 0 Å². The minimum Gasteiger partial charge on any atom is -0.497 e. The number of hydrogen-bond donors (Lipinski definition) is 1. The molecule has 6 nitrogen and oxygen atoms in total. The average Bonchev–Trinajstić information content (AvgIpc) is 2.92. The summed E-state index contributed by atoms with van der Waals surface area (Å²) in [7, 11) is -1.99. The summed E-state index contributed by atoms with van der Waals surface area (Å²) in [6.07, 6.45) is 0.768. The molecule has 1 amide bonds. The number of nitrogens with zero attached hydrogens (tertiary/aromatic N) is 1. The van der Waals surface area contributed by atoms with Crippen LogP contribution in [0.1, 0.15) is 13.3 Å². The summed E-state index contributed by atoms with van der Waals surface area (Å²) >= 11 is 0. The number of sulfone groups is 1. The van der Waals surface area contributed by atoms with Crippen molar-refractivity contribution in [2.45, 2.75) is 24.3 Å². The molecule has 2 atom stereocenters. The van der Waals surface area contributed by atoms with Crippen molar-refractivity contribution in [2.75, 3.05) is 26.0 Å². The zero-order chi connectivity index (χ0) is 16.3. The Morgan fingerprint density at radius 2 is 2.05 bits per heavy atom. The van der Waals surface area contributed by atoms with E-state index >= 15 is 0 Å². The number of hydrogen-bond acceptors (Lipinski definition) is 5. The number of likely N-dealkylation sites (tertiary alicyclic amines) is 1. The van der Waals surface area contributed by atoms with Gasteiger partial charge >= 0.3 is 0 Å². The molecule has 0 aromatic heterocycles. The normalized spacial score (nSPS) is 20.0. The van der Waals surface area contributed by atoms with E-state index in [-0.39, 0.29) is 22.6 Å². The van der Waals surface area contributed by atoms with Crippen molar-refractivity contribution in [3.8, 4) is 5.75 Å². The molecule has 1 aliphatic heterocycles. The molecule has 1 aliphatic rings. The third-order valence-corrected chi connectivity index (χ3v) is 5.78. The number of carbonyl (C=O) groups excluding carboxylic acids is 1. The molecule has 1 fully saturated rings. The average molecular weight is 326 g/mol. The molecule has 122 valence electrons. The molecular weight excluding hydrogens is 304 g/mol. The van der Waals surface area contributed by atoms with E-state index in [1.165, 1.54) is 19.2 Å². The maximum atomic E-state index is 12.4. The highest BCUT2D eigenvalue weighted by atomic mass is 32.2. The van der Waals surface area contributed by atoms with Crippen LogP contribution in [0.2, 0.25) is 0 Å². The van der Waals surface area contributed by atoms with Gasteiger partial charge in [0, 0.05) is 25.0 Å². The molecule has 22 heavy (non-hydrogen) atoms. The highest BCUT2D eigenvalue weighted by Crippen LogP contribution is 2.20. The van der Waals surface area contributed by atoms with Crippen molar-refractivity contribution >= 4 is 15.7 Å². The Hall–Kier alpha value is -1.60. The minimum atomic E-state index is -3.51. The Bertz CT molecular complexity index is 627. The van der Waals surface area contributed by atoms with Crippen LogP contribution in [0, 0.1) is 5.92 Å². The van der Waals surface area contributed by atoms with Crippen molar-refractivity contribution in [2.24, 2.45) is 11.7 Å². The smallest absolute Gasteiger partial charge is 0.226 e. The van der Waals surface area contributed by atoms with Crippen LogP contribution in [-0.4, -0.2) is 51.2 Å². The predicted octanol–water partition coefficient (Wildman–Crippen LogP) is 0.665. The summed E-state index contributed by atoms with van der Waals surface area (Å²) in [5.41, 5.74) is 5.78. The molecule has 1 heterocycles. The zero-order valence-electron chi connectivity index (χ0n) is 12.9. The lowest BCUT2D eigenvalue weighted by molar-refractivity contribution is -0.133. The Morgan fingerprint density at radius 1 is 1.41 bits per heavy atom. The van der Waals surface area contributed by atoms with Crippen LogP contribution in [0.5, 0.6) is 5.75 Å². The number of methoxy groups -OCH3 is 1. The summed E-state index contributed by atoms with van der Waals surface area (Å²) in [6.45, 7) is 2.76. The standard InChI is InChI=1S/C15H22N2O4S/c1-11(15(18)17-8-7-12(16)9-17)10-22(19,20)14-5-3-13(21-2)4-6-14/h3-6,11-12H,7-10,16H2,1-2H3/t11?,12-/m0/s1. The summed E-state index contributed by atoms with van der Waals surface area (Å²) < 4.78 is 29.8. The third kappa shape index (κ3) is 3.78. The van der Waals surface area contributed by atoms with E-state index in [4.69, 9.17) is 10.5 Å². The fourth-order valence-corrected chi connectivity index (χ4v) is 4.12. The lowest BCUT2D eigenvalue weighted by Gasteiger charge is -2.20. The monoisotopic (exact) mass is 326 g/mol. The van der Waals surface area contributed by atoms with Crippen LogP contribution in [0.4, 0.5) is 0 Å². The van der Waals surface area contributed by atoms with Crippen molar-refractivity contribution < 1.29 is 17.9 Å². The molecular formula is C15H22N2O4S. The van der Waals surface area contributed by atoms with Crippen LogP contribution < -0.4 is 10.5 Å². The fraction of sp³-hybridized carbons (Fsp3) is 0.533. The summed E-state index contributed by atoms with van der Waals surface area (Å²) in [4.78, 5) is 14.1. The van der Waals surface area contributed by atoms with Gasteiger partial charge in [-0.25, -0.2) is 8.42 Å². The van der Waals surface area contributed by atoms with Gasteiger partial charge in [-0.1, -0.05) is 6.92 Å². The van der Waals surface area contributed by atoms with E-state index in [1.54, 1.807) is 24.0 Å². The van der Waals surface area contributed by atoms with E-state index in [2.05, 4.69) is 0 Å². The Morgan fingerprint density at radius 3 is 2.55 bits per heavy atom. The molecule has 1 saturated heterocycles. The number of carbonyl (C=O) groups is 1. The Kier molecular flexibility index (Phi) is 5.08. The van der Waals surface area contributed by atoms with Gasteiger partial charge < -0.3 is 15.4 Å². The van der Waals surface area contributed by atoms with Crippen molar-refractivity contribution in [3.05, 3.63) is 24.3 Å². The highest BCUT2D eigenvalue weighted by Gasteiger charge is 2.30. The Labute approximate surface area is 131 Å². The predicted molar refractivity (Wildman–Crippen MR) is 83.4 cm³/mol. The Balaban J connectivity index is 2.05. The van der Waals surface area contributed by atoms with E-state index in [1.807, 2.05) is 0 Å². The van der Waals surface area contributed by atoms with Crippen LogP contribution in [0.3, 0.4) is 0 Å². The molecule has 1 aromatic rings. The van der Waals surface area contributed by atoms with Gasteiger partial charge in [-0.3, -0.25) is 4.79 Å². The molecule has 7 heteroatoms. The fourth-order valence-electron chi connectivity index (χ4n) is 2.58. The topological polar surface area (TPSA) is 89.7 Å². The highest BCUT2D eigenvalue weighted by molar-refractivity contribution is 7.91. The molecule has 1 aromatic carbocycles. The van der Waals surface area contributed by atoms with Crippen LogP contribution >= 0.6 is 0 Å². The van der Waals surface area contributed by atoms with Crippen LogP contribution in [0.15, 0.2) is 29.2 Å². The maximum absolute atomic E-state index is 12.4. The van der Waals surface area contributed by atoms with Gasteiger partial charge in [-0.15, -0.1) is 0 Å². The first-order valence-corrected chi connectivity index (χ1v) is 8.90. The van der Waals surface area contributed by atoms with Gasteiger partial charge in [0.15, 0.2) is 9.84 Å². The van der Waals surface area contributed by atoms with Crippen LogP contribution in [0.25, 0.3) is 0 Å². The van der Waals surface area contributed by atoms with Gasteiger partial charge in [-0.05, 0) is 30.7 Å². The lowest BCUT2D eigenvalue weighted by Crippen LogP contribution is -2.37. The van der Waals surface area contributed by atoms with Gasteiger partial charge in [0.2, 0.25) is 5.91 Å². The first-order valence-electron chi connectivity index (χ1n) is 7.24. The van der Waals surface area contributed by atoms with Gasteiger partial charge in [0.1, 0.15) is 5.75 Å². The van der Waals surface area contributed by atoms with Crippen molar-refractivity contribution in [3.63, 3.8) is 0 Å². The van der Waals surface area contributed by atoms with Gasteiger partial charge in [0.25, 0.3) is 0 Å². The second kappa shape index (κ2) is 6.66. The third-order valence-electron chi connectivity index (χ3n) is 3.85. The number of nitrogens with two attached hydrogens (primary N) is 1. The lowest BCUT2D eigenvalue weighted by atomic mass is 10.2. The molecule has 0 saturated carbocycles. The van der Waals surface area contributed by atoms with E-state index < -0.39 is 15.8 Å². The van der Waals surface area contributed by atoms with Crippen LogP contribution in [-0.2, 0) is 14.6 Å². The maximum Gasteiger partial charge on any atom is 0.226 e. The molecule has 0 aliphatic carbocycles. The molecule has 1 unspecified atom stereocenters. The quantitative estimate of drug-likeness (QED) is 0.859. The number of rotatable bonds is 5. The molecule has 2 N–H and O–H groups in total. The van der Waals surface area contributed by atoms with E-state index in [9.17, 15) is 13.2 Å². The number of amides is 1. The second-order valence-electron chi connectivity index (χ2n) is 5.69. The first-order chi connectivity index (χ1) is 10.3. The zero-order valence-corrected chi connectivity index (χ0v) is 13.7. The SMILES string of the molecule is COc1ccc(S(=O)(=O)CC(C)C(=O)N2CC[C@H](N)C2)cc1. The minimum absolute atomic E-state index is 0.00524. The van der Waals surface area contributed by atoms with Crippen molar-refractivity contribution in [1.82, 2.24) is 4.90 Å². The molecule has 0 radical (unpaired) electrons. The number of ether oxygens (including phenoxy) is 1. The second-order valence-corrected chi connectivity index (χ2v) is 7.73. The summed E-state index contributed by atoms with van der Waals surface area (Å²) in [5.74, 6) is -0.347. The van der Waals surface area contributed by atoms with Crippen molar-refractivity contribution in [1.29, 1.82) is 0 Å².